The van der Waals surface area contributed by atoms with Gasteiger partial charge in [-0.1, -0.05) is 24.9 Å². The average Bonchev–Trinajstić information content (AvgIpc) is 2.30. The summed E-state index contributed by atoms with van der Waals surface area (Å²) in [6.07, 6.45) is 2.32. The van der Waals surface area contributed by atoms with Crippen LogP contribution in [0.1, 0.15) is 45.2 Å². The molecule has 1 N–H and O–H groups in total. The van der Waals surface area contributed by atoms with Crippen LogP contribution < -0.4 is 0 Å². The van der Waals surface area contributed by atoms with E-state index in [-0.39, 0.29) is 6.04 Å². The number of nitrogens with zero attached hydrogens (tertiary/aromatic N) is 1. The molecule has 0 saturated carbocycles. The monoisotopic (exact) mass is 255 g/mol. The highest BCUT2D eigenvalue weighted by molar-refractivity contribution is 6.30. The van der Waals surface area contributed by atoms with Crippen molar-refractivity contribution in [3.63, 3.8) is 0 Å². The van der Waals surface area contributed by atoms with Crippen LogP contribution >= 0.6 is 11.6 Å². The van der Waals surface area contributed by atoms with E-state index in [1.807, 2.05) is 6.07 Å². The van der Waals surface area contributed by atoms with Crippen molar-refractivity contribution in [2.24, 2.45) is 0 Å². The Kier molecular flexibility index (Phi) is 5.29. The second-order valence-electron chi connectivity index (χ2n) is 4.68. The van der Waals surface area contributed by atoms with E-state index in [4.69, 9.17) is 11.6 Å². The molecule has 0 radical (unpaired) electrons. The zero-order valence-corrected chi connectivity index (χ0v) is 11.8. The van der Waals surface area contributed by atoms with E-state index in [0.717, 1.165) is 12.0 Å². The molecule has 0 aliphatic carbocycles. The van der Waals surface area contributed by atoms with Crippen molar-refractivity contribution >= 4 is 11.6 Å². The number of phenols is 1. The van der Waals surface area contributed by atoms with E-state index in [1.165, 1.54) is 6.42 Å². The first-order valence-electron chi connectivity index (χ1n) is 6.17. The second kappa shape index (κ2) is 6.27. The molecule has 0 aromatic heterocycles. The van der Waals surface area contributed by atoms with Crippen molar-refractivity contribution < 1.29 is 5.11 Å². The Morgan fingerprint density at radius 2 is 2.00 bits per heavy atom. The molecule has 0 aliphatic heterocycles. The molecule has 17 heavy (non-hydrogen) atoms. The average molecular weight is 256 g/mol. The first-order chi connectivity index (χ1) is 7.97. The molecule has 2 unspecified atom stereocenters. The third-order valence-electron chi connectivity index (χ3n) is 3.45. The van der Waals surface area contributed by atoms with Crippen LogP contribution in [0.5, 0.6) is 5.75 Å². The molecule has 0 amide bonds. The highest BCUT2D eigenvalue weighted by Crippen LogP contribution is 2.31. The van der Waals surface area contributed by atoms with Crippen molar-refractivity contribution in [2.75, 3.05) is 7.05 Å². The smallest absolute Gasteiger partial charge is 0.120 e. The zero-order valence-electron chi connectivity index (χ0n) is 11.1. The fourth-order valence-electron chi connectivity index (χ4n) is 2.08. The molecule has 2 atom stereocenters. The number of halogens is 1. The second-order valence-corrected chi connectivity index (χ2v) is 5.12. The van der Waals surface area contributed by atoms with Gasteiger partial charge in [-0.25, -0.2) is 0 Å². The summed E-state index contributed by atoms with van der Waals surface area (Å²) in [6.45, 7) is 6.49. The van der Waals surface area contributed by atoms with Crippen LogP contribution in [0.15, 0.2) is 18.2 Å². The number of rotatable bonds is 5. The van der Waals surface area contributed by atoms with Crippen molar-refractivity contribution in [3.8, 4) is 5.75 Å². The number of phenolic OH excluding ortho intramolecular Hbond substituents is 1. The van der Waals surface area contributed by atoms with Gasteiger partial charge < -0.3 is 5.11 Å². The normalized spacial score (nSPS) is 14.9. The standard InChI is InChI=1S/C14H22ClNO/c1-5-6-10(2)16(4)11(3)13-9-12(15)7-8-14(13)17/h7-11,17H,5-6H2,1-4H3. The summed E-state index contributed by atoms with van der Waals surface area (Å²) in [6, 6.07) is 5.87. The maximum absolute atomic E-state index is 9.88. The number of hydrogen-bond donors (Lipinski definition) is 1. The summed E-state index contributed by atoms with van der Waals surface area (Å²) in [7, 11) is 2.09. The summed E-state index contributed by atoms with van der Waals surface area (Å²) in [5, 5.41) is 10.5. The third kappa shape index (κ3) is 3.62. The van der Waals surface area contributed by atoms with Crippen LogP contribution in [0, 0.1) is 0 Å². The van der Waals surface area contributed by atoms with E-state index in [9.17, 15) is 5.11 Å². The molecule has 1 aromatic carbocycles. The Bertz CT molecular complexity index is 367. The molecule has 0 fully saturated rings. The Labute approximate surface area is 109 Å². The van der Waals surface area contributed by atoms with Crippen molar-refractivity contribution in [3.05, 3.63) is 28.8 Å². The van der Waals surface area contributed by atoms with Crippen LogP contribution in [0.3, 0.4) is 0 Å². The first-order valence-corrected chi connectivity index (χ1v) is 6.55. The van der Waals surface area contributed by atoms with Gasteiger partial charge in [-0.2, -0.15) is 0 Å². The molecule has 0 aliphatic rings. The lowest BCUT2D eigenvalue weighted by Crippen LogP contribution is -2.31. The predicted molar refractivity (Wildman–Crippen MR) is 73.7 cm³/mol. The molecule has 3 heteroatoms. The lowest BCUT2D eigenvalue weighted by Gasteiger charge is -2.31. The maximum atomic E-state index is 9.88. The van der Waals surface area contributed by atoms with Crippen molar-refractivity contribution in [2.45, 2.75) is 45.7 Å². The van der Waals surface area contributed by atoms with E-state index >= 15 is 0 Å². The Morgan fingerprint density at radius 1 is 1.35 bits per heavy atom. The Morgan fingerprint density at radius 3 is 2.59 bits per heavy atom. The highest BCUT2D eigenvalue weighted by atomic mass is 35.5. The first kappa shape index (κ1) is 14.3. The molecule has 1 aromatic rings. The minimum atomic E-state index is 0.162. The summed E-state index contributed by atoms with van der Waals surface area (Å²) in [5.74, 6) is 0.317. The number of benzene rings is 1. The van der Waals surface area contributed by atoms with E-state index < -0.39 is 0 Å². The minimum Gasteiger partial charge on any atom is -0.508 e. The largest absolute Gasteiger partial charge is 0.508 e. The Hall–Kier alpha value is -0.730. The van der Waals surface area contributed by atoms with E-state index in [1.54, 1.807) is 12.1 Å². The molecule has 96 valence electrons. The zero-order chi connectivity index (χ0) is 13.0. The maximum Gasteiger partial charge on any atom is 0.120 e. The van der Waals surface area contributed by atoms with Gasteiger partial charge in [0.2, 0.25) is 0 Å². The van der Waals surface area contributed by atoms with E-state index in [2.05, 4.69) is 32.7 Å². The molecule has 0 bridgehead atoms. The molecular formula is C14H22ClNO. The lowest BCUT2D eigenvalue weighted by atomic mass is 10.0. The number of hydrogen-bond acceptors (Lipinski definition) is 2. The van der Waals surface area contributed by atoms with E-state index in [0.29, 0.717) is 16.8 Å². The van der Waals surface area contributed by atoms with Crippen LogP contribution in [-0.4, -0.2) is 23.1 Å². The SMILES string of the molecule is CCCC(C)N(C)C(C)c1cc(Cl)ccc1O. The summed E-state index contributed by atoms with van der Waals surface area (Å²) in [4.78, 5) is 2.27. The minimum absolute atomic E-state index is 0.162. The Balaban J connectivity index is 2.87. The molecule has 0 saturated heterocycles. The fourth-order valence-corrected chi connectivity index (χ4v) is 2.26. The van der Waals surface area contributed by atoms with Gasteiger partial charge in [-0.3, -0.25) is 4.90 Å². The lowest BCUT2D eigenvalue weighted by molar-refractivity contribution is 0.185. The summed E-state index contributed by atoms with van der Waals surface area (Å²) < 4.78 is 0. The highest BCUT2D eigenvalue weighted by Gasteiger charge is 2.19. The van der Waals surface area contributed by atoms with Gasteiger partial charge in [0.15, 0.2) is 0 Å². The number of aromatic hydroxyl groups is 1. The molecule has 2 nitrogen and oxygen atoms in total. The van der Waals surface area contributed by atoms with Crippen LogP contribution in [-0.2, 0) is 0 Å². The van der Waals surface area contributed by atoms with Gasteiger partial charge in [-0.05, 0) is 45.5 Å². The molecule has 0 heterocycles. The van der Waals surface area contributed by atoms with Gasteiger partial charge in [0.05, 0.1) is 0 Å². The predicted octanol–water partition coefficient (Wildman–Crippen LogP) is 4.23. The fraction of sp³-hybridized carbons (Fsp3) is 0.571. The van der Waals surface area contributed by atoms with Gasteiger partial charge in [-0.15, -0.1) is 0 Å². The van der Waals surface area contributed by atoms with Crippen LogP contribution in [0.25, 0.3) is 0 Å². The summed E-state index contributed by atoms with van der Waals surface area (Å²) in [5.41, 5.74) is 0.892. The summed E-state index contributed by atoms with van der Waals surface area (Å²) >= 11 is 5.98. The topological polar surface area (TPSA) is 23.5 Å². The van der Waals surface area contributed by atoms with Gasteiger partial charge >= 0.3 is 0 Å². The quantitative estimate of drug-likeness (QED) is 0.851. The van der Waals surface area contributed by atoms with Crippen molar-refractivity contribution in [1.82, 2.24) is 4.90 Å². The van der Waals surface area contributed by atoms with Gasteiger partial charge in [0.25, 0.3) is 0 Å². The van der Waals surface area contributed by atoms with Gasteiger partial charge in [0, 0.05) is 22.7 Å². The van der Waals surface area contributed by atoms with Crippen LogP contribution in [0.2, 0.25) is 5.02 Å². The molecular weight excluding hydrogens is 234 g/mol. The molecule has 0 spiro atoms. The molecule has 1 rings (SSSR count). The van der Waals surface area contributed by atoms with Crippen LogP contribution in [0.4, 0.5) is 0 Å². The van der Waals surface area contributed by atoms with Crippen molar-refractivity contribution in [1.29, 1.82) is 0 Å². The third-order valence-corrected chi connectivity index (χ3v) is 3.69. The van der Waals surface area contributed by atoms with Gasteiger partial charge in [0.1, 0.15) is 5.75 Å².